The number of nitrogens with zero attached hydrogens (tertiary/aromatic N) is 3. The molecular weight excluding hydrogens is 564 g/mol. The Morgan fingerprint density at radius 2 is 1.59 bits per heavy atom. The Balaban J connectivity index is 1.47. The molecule has 39 heavy (non-hydrogen) atoms. The quantitative estimate of drug-likeness (QED) is 0.357. The van der Waals surface area contributed by atoms with Gasteiger partial charge in [-0.25, -0.2) is 17.7 Å². The highest BCUT2D eigenvalue weighted by molar-refractivity contribution is 7.89. The predicted molar refractivity (Wildman–Crippen MR) is 148 cm³/mol. The average Bonchev–Trinajstić information content (AvgIpc) is 3.20. The average molecular weight is 591 g/mol. The first-order valence-corrected chi connectivity index (χ1v) is 14.7. The van der Waals surface area contributed by atoms with E-state index in [1.807, 2.05) is 30.3 Å². The summed E-state index contributed by atoms with van der Waals surface area (Å²) >= 11 is 12.4. The second-order valence-corrected chi connectivity index (χ2v) is 12.3. The Kier molecular flexibility index (Phi) is 8.07. The van der Waals surface area contributed by atoms with Gasteiger partial charge in [-0.1, -0.05) is 53.5 Å². The van der Waals surface area contributed by atoms with Crippen LogP contribution in [0.3, 0.4) is 0 Å². The van der Waals surface area contributed by atoms with E-state index >= 15 is 0 Å². The molecule has 2 aliphatic rings. The van der Waals surface area contributed by atoms with Crippen molar-refractivity contribution in [2.24, 2.45) is 0 Å². The largest absolute Gasteiger partial charge is 0.299 e. The highest BCUT2D eigenvalue weighted by atomic mass is 35.5. The van der Waals surface area contributed by atoms with Gasteiger partial charge in [0.15, 0.2) is 0 Å². The van der Waals surface area contributed by atoms with Gasteiger partial charge in [-0.05, 0) is 60.9 Å². The molecule has 0 saturated carbocycles. The van der Waals surface area contributed by atoms with Crippen molar-refractivity contribution in [1.82, 2.24) is 9.21 Å². The van der Waals surface area contributed by atoms with Crippen LogP contribution in [0.25, 0.3) is 0 Å². The number of hydrogen-bond acceptors (Lipinski definition) is 5. The zero-order valence-corrected chi connectivity index (χ0v) is 23.2. The predicted octanol–water partition coefficient (Wildman–Crippen LogP) is 5.12. The maximum atomic E-state index is 14.1. The van der Waals surface area contributed by atoms with Gasteiger partial charge in [0.1, 0.15) is 16.8 Å². The van der Waals surface area contributed by atoms with Crippen molar-refractivity contribution in [2.45, 2.75) is 42.8 Å². The second-order valence-electron chi connectivity index (χ2n) is 9.67. The van der Waals surface area contributed by atoms with E-state index in [1.165, 1.54) is 30.3 Å². The van der Waals surface area contributed by atoms with Crippen LogP contribution in [0.4, 0.5) is 10.1 Å². The fraction of sp³-hybridized carbons (Fsp3) is 0.286. The second kappa shape index (κ2) is 11.3. The van der Waals surface area contributed by atoms with Crippen LogP contribution >= 0.6 is 23.2 Å². The third-order valence-corrected chi connectivity index (χ3v) is 9.81. The molecule has 3 aromatic carbocycles. The fourth-order valence-corrected chi connectivity index (χ4v) is 7.82. The lowest BCUT2D eigenvalue weighted by molar-refractivity contribution is -0.122. The standard InChI is InChI=1S/C28H26Cl2FN3O4S/c29-20-6-11-24(30)26(16-20)39(37,38)34(23-12-14-32(15-13-23)18-19-4-2-1-3-5-19)25-17-27(35)33(28(25)36)22-9-7-21(31)8-10-22/h1-11,16,23,25H,12-15,17-18H2. The van der Waals surface area contributed by atoms with Crippen LogP contribution in [0.2, 0.25) is 10.0 Å². The Bertz CT molecular complexity index is 1480. The molecule has 2 saturated heterocycles. The highest BCUT2D eigenvalue weighted by Gasteiger charge is 2.50. The van der Waals surface area contributed by atoms with Crippen molar-refractivity contribution in [3.05, 3.63) is 94.2 Å². The lowest BCUT2D eigenvalue weighted by Crippen LogP contribution is -2.53. The van der Waals surface area contributed by atoms with Gasteiger partial charge in [0.05, 0.1) is 17.1 Å². The van der Waals surface area contributed by atoms with Gasteiger partial charge in [-0.3, -0.25) is 14.5 Å². The zero-order valence-electron chi connectivity index (χ0n) is 20.8. The molecule has 0 N–H and O–H groups in total. The molecule has 1 atom stereocenters. The van der Waals surface area contributed by atoms with Crippen LogP contribution in [0.15, 0.2) is 77.7 Å². The molecule has 0 radical (unpaired) electrons. The van der Waals surface area contributed by atoms with Crippen LogP contribution < -0.4 is 4.90 Å². The molecule has 0 spiro atoms. The van der Waals surface area contributed by atoms with Gasteiger partial charge >= 0.3 is 0 Å². The number of likely N-dealkylation sites (tertiary alicyclic amines) is 1. The minimum Gasteiger partial charge on any atom is -0.299 e. The first kappa shape index (κ1) is 27.7. The van der Waals surface area contributed by atoms with Crippen molar-refractivity contribution >= 4 is 50.7 Å². The summed E-state index contributed by atoms with van der Waals surface area (Å²) < 4.78 is 42.9. The summed E-state index contributed by atoms with van der Waals surface area (Å²) in [5.41, 5.74) is 1.34. The van der Waals surface area contributed by atoms with Crippen LogP contribution in [-0.4, -0.2) is 54.6 Å². The third-order valence-electron chi connectivity index (χ3n) is 7.13. The maximum Gasteiger partial charge on any atom is 0.252 e. The van der Waals surface area contributed by atoms with Gasteiger partial charge in [0.25, 0.3) is 5.91 Å². The summed E-state index contributed by atoms with van der Waals surface area (Å²) in [7, 11) is -4.34. The number of hydrogen-bond donors (Lipinski definition) is 0. The SMILES string of the molecule is O=C1CC(N(C2CCN(Cc3ccccc3)CC2)S(=O)(=O)c2cc(Cl)ccc2Cl)C(=O)N1c1ccc(F)cc1. The molecule has 3 aromatic rings. The van der Waals surface area contributed by atoms with Gasteiger partial charge in [-0.15, -0.1) is 0 Å². The smallest absolute Gasteiger partial charge is 0.252 e. The molecule has 2 aliphatic heterocycles. The van der Waals surface area contributed by atoms with E-state index in [2.05, 4.69) is 4.90 Å². The number of halogens is 3. The molecule has 2 amide bonds. The van der Waals surface area contributed by atoms with Crippen LogP contribution in [0.1, 0.15) is 24.8 Å². The van der Waals surface area contributed by atoms with Gasteiger partial charge < -0.3 is 0 Å². The summed E-state index contributed by atoms with van der Waals surface area (Å²) in [6, 6.07) is 17.2. The number of piperidine rings is 1. The summed E-state index contributed by atoms with van der Waals surface area (Å²) in [5, 5.41) is 0.149. The summed E-state index contributed by atoms with van der Waals surface area (Å²) in [5.74, 6) is -1.76. The Morgan fingerprint density at radius 3 is 2.26 bits per heavy atom. The monoisotopic (exact) mass is 589 g/mol. The van der Waals surface area contributed by atoms with E-state index in [0.717, 1.165) is 33.4 Å². The number of carbonyl (C=O) groups is 2. The number of anilines is 1. The zero-order chi connectivity index (χ0) is 27.7. The highest BCUT2D eigenvalue weighted by Crippen LogP contribution is 2.36. The van der Waals surface area contributed by atoms with Crippen LogP contribution in [-0.2, 0) is 26.2 Å². The van der Waals surface area contributed by atoms with Crippen molar-refractivity contribution in [2.75, 3.05) is 18.0 Å². The van der Waals surface area contributed by atoms with Gasteiger partial charge in [0, 0.05) is 30.7 Å². The topological polar surface area (TPSA) is 78.0 Å². The number of amides is 2. The molecule has 0 aromatic heterocycles. The lowest BCUT2D eigenvalue weighted by Gasteiger charge is -2.39. The molecular formula is C28H26Cl2FN3O4S. The number of benzene rings is 3. The van der Waals surface area contributed by atoms with E-state index in [4.69, 9.17) is 23.2 Å². The molecule has 0 aliphatic carbocycles. The minimum atomic E-state index is -4.34. The minimum absolute atomic E-state index is 0.0296. The van der Waals surface area contributed by atoms with E-state index in [1.54, 1.807) is 0 Å². The Morgan fingerprint density at radius 1 is 0.923 bits per heavy atom. The number of sulfonamides is 1. The third kappa shape index (κ3) is 5.73. The molecule has 0 bridgehead atoms. The number of rotatable bonds is 7. The number of carbonyl (C=O) groups excluding carboxylic acids is 2. The molecule has 1 unspecified atom stereocenters. The van der Waals surface area contributed by atoms with Crippen molar-refractivity contribution in [3.63, 3.8) is 0 Å². The van der Waals surface area contributed by atoms with Crippen LogP contribution in [0, 0.1) is 5.82 Å². The van der Waals surface area contributed by atoms with Crippen LogP contribution in [0.5, 0.6) is 0 Å². The maximum absolute atomic E-state index is 14.1. The molecule has 2 heterocycles. The molecule has 11 heteroatoms. The molecule has 204 valence electrons. The van der Waals surface area contributed by atoms with E-state index in [-0.39, 0.29) is 27.0 Å². The van der Waals surface area contributed by atoms with E-state index in [9.17, 15) is 22.4 Å². The molecule has 7 nitrogen and oxygen atoms in total. The summed E-state index contributed by atoms with van der Waals surface area (Å²) in [6.45, 7) is 1.93. The summed E-state index contributed by atoms with van der Waals surface area (Å²) in [4.78, 5) is 29.6. The Hall–Kier alpha value is -2.82. The van der Waals surface area contributed by atoms with Gasteiger partial charge in [0.2, 0.25) is 15.9 Å². The van der Waals surface area contributed by atoms with Crippen molar-refractivity contribution in [3.8, 4) is 0 Å². The van der Waals surface area contributed by atoms with Gasteiger partial charge in [-0.2, -0.15) is 4.31 Å². The Labute approximate surface area is 236 Å². The molecule has 2 fully saturated rings. The van der Waals surface area contributed by atoms with Crippen molar-refractivity contribution in [1.29, 1.82) is 0 Å². The first-order valence-electron chi connectivity index (χ1n) is 12.5. The van der Waals surface area contributed by atoms with E-state index < -0.39 is 39.7 Å². The lowest BCUT2D eigenvalue weighted by atomic mass is 10.0. The fourth-order valence-electron chi connectivity index (χ4n) is 5.26. The normalized spacial score (nSPS) is 19.3. The van der Waals surface area contributed by atoms with Crippen molar-refractivity contribution < 1.29 is 22.4 Å². The summed E-state index contributed by atoms with van der Waals surface area (Å²) in [6.07, 6.45) is 0.579. The molecule has 5 rings (SSSR count). The first-order chi connectivity index (χ1) is 18.6. The van der Waals surface area contributed by atoms with E-state index in [0.29, 0.717) is 25.9 Å². The number of imide groups is 1.